The molecular weight excluding hydrogens is 235 g/mol. The van der Waals surface area contributed by atoms with Crippen LogP contribution in [-0.4, -0.2) is 22.0 Å². The Hall–Kier alpha value is -1.88. The number of benzene rings is 1. The fraction of sp³-hybridized carbons (Fsp3) is 0.308. The van der Waals surface area contributed by atoms with Gasteiger partial charge in [0, 0.05) is 19.7 Å². The number of methoxy groups -OCH3 is 1. The molecule has 96 valence electrons. The number of nitrogens with zero attached hydrogens (tertiary/aromatic N) is 2. The molecule has 0 spiro atoms. The van der Waals surface area contributed by atoms with Gasteiger partial charge in [0.25, 0.3) is 0 Å². The van der Waals surface area contributed by atoms with Gasteiger partial charge in [0.15, 0.2) is 11.6 Å². The molecule has 0 aliphatic carbocycles. The van der Waals surface area contributed by atoms with E-state index in [1.54, 1.807) is 16.9 Å². The van der Waals surface area contributed by atoms with E-state index in [0.717, 1.165) is 5.69 Å². The first-order valence-electron chi connectivity index (χ1n) is 5.60. The summed E-state index contributed by atoms with van der Waals surface area (Å²) in [7, 11) is 3.21. The van der Waals surface area contributed by atoms with Crippen LogP contribution in [0.1, 0.15) is 17.4 Å². The number of aliphatic hydroxyl groups is 1. The van der Waals surface area contributed by atoms with E-state index in [-0.39, 0.29) is 5.75 Å². The van der Waals surface area contributed by atoms with Crippen LogP contribution in [-0.2, 0) is 13.5 Å². The SMILES string of the molecule is COc1ccc(C(O)Cc2ccn(C)n2)cc1F. The van der Waals surface area contributed by atoms with Crippen molar-refractivity contribution < 1.29 is 14.2 Å². The van der Waals surface area contributed by atoms with Gasteiger partial charge in [0.2, 0.25) is 0 Å². The first kappa shape index (κ1) is 12.6. The van der Waals surface area contributed by atoms with Gasteiger partial charge < -0.3 is 9.84 Å². The van der Waals surface area contributed by atoms with Crippen molar-refractivity contribution in [2.45, 2.75) is 12.5 Å². The Kier molecular flexibility index (Phi) is 3.62. The third-order valence-electron chi connectivity index (χ3n) is 2.73. The molecule has 5 heteroatoms. The summed E-state index contributed by atoms with van der Waals surface area (Å²) >= 11 is 0. The maximum Gasteiger partial charge on any atom is 0.165 e. The summed E-state index contributed by atoms with van der Waals surface area (Å²) in [6.45, 7) is 0. The summed E-state index contributed by atoms with van der Waals surface area (Å²) in [4.78, 5) is 0. The highest BCUT2D eigenvalue weighted by Crippen LogP contribution is 2.23. The van der Waals surface area contributed by atoms with E-state index in [2.05, 4.69) is 5.10 Å². The lowest BCUT2D eigenvalue weighted by atomic mass is 10.0. The highest BCUT2D eigenvalue weighted by atomic mass is 19.1. The Labute approximate surface area is 105 Å². The van der Waals surface area contributed by atoms with Gasteiger partial charge in [-0.15, -0.1) is 0 Å². The van der Waals surface area contributed by atoms with Crippen molar-refractivity contribution in [3.05, 3.63) is 47.5 Å². The second-order valence-corrected chi connectivity index (χ2v) is 4.09. The van der Waals surface area contributed by atoms with Crippen molar-refractivity contribution in [1.82, 2.24) is 9.78 Å². The number of hydrogen-bond donors (Lipinski definition) is 1. The molecule has 1 aromatic carbocycles. The van der Waals surface area contributed by atoms with Crippen LogP contribution in [0.2, 0.25) is 0 Å². The largest absolute Gasteiger partial charge is 0.494 e. The molecule has 1 aromatic heterocycles. The number of aliphatic hydroxyl groups excluding tert-OH is 1. The number of aryl methyl sites for hydroxylation is 1. The first-order valence-corrected chi connectivity index (χ1v) is 5.60. The monoisotopic (exact) mass is 250 g/mol. The van der Waals surface area contributed by atoms with Gasteiger partial charge in [0.1, 0.15) is 0 Å². The molecule has 0 aliphatic rings. The molecule has 1 unspecified atom stereocenters. The van der Waals surface area contributed by atoms with Gasteiger partial charge >= 0.3 is 0 Å². The quantitative estimate of drug-likeness (QED) is 0.900. The zero-order valence-electron chi connectivity index (χ0n) is 10.3. The fourth-order valence-electron chi connectivity index (χ4n) is 1.78. The zero-order chi connectivity index (χ0) is 13.1. The summed E-state index contributed by atoms with van der Waals surface area (Å²) in [6, 6.07) is 6.26. The first-order chi connectivity index (χ1) is 8.60. The normalized spacial score (nSPS) is 12.4. The van der Waals surface area contributed by atoms with E-state index in [4.69, 9.17) is 4.74 Å². The molecule has 2 aromatic rings. The lowest BCUT2D eigenvalue weighted by Gasteiger charge is -2.10. The molecule has 0 aliphatic heterocycles. The van der Waals surface area contributed by atoms with Crippen molar-refractivity contribution in [3.8, 4) is 5.75 Å². The molecule has 1 N–H and O–H groups in total. The second kappa shape index (κ2) is 5.18. The van der Waals surface area contributed by atoms with Gasteiger partial charge in [-0.05, 0) is 23.8 Å². The molecular formula is C13H15FN2O2. The Morgan fingerprint density at radius 3 is 2.78 bits per heavy atom. The smallest absolute Gasteiger partial charge is 0.165 e. The van der Waals surface area contributed by atoms with Gasteiger partial charge in [-0.1, -0.05) is 6.07 Å². The number of ether oxygens (including phenoxy) is 1. The van der Waals surface area contributed by atoms with E-state index in [9.17, 15) is 9.50 Å². The molecule has 0 saturated heterocycles. The molecule has 4 nitrogen and oxygen atoms in total. The highest BCUT2D eigenvalue weighted by molar-refractivity contribution is 5.30. The molecule has 1 atom stereocenters. The van der Waals surface area contributed by atoms with Gasteiger partial charge in [-0.2, -0.15) is 5.10 Å². The number of aromatic nitrogens is 2. The highest BCUT2D eigenvalue weighted by Gasteiger charge is 2.13. The van der Waals surface area contributed by atoms with E-state index >= 15 is 0 Å². The average molecular weight is 250 g/mol. The summed E-state index contributed by atoms with van der Waals surface area (Å²) in [5.74, 6) is -0.307. The van der Waals surface area contributed by atoms with Crippen molar-refractivity contribution >= 4 is 0 Å². The third kappa shape index (κ3) is 2.68. The van der Waals surface area contributed by atoms with Crippen molar-refractivity contribution in [2.75, 3.05) is 7.11 Å². The molecule has 1 heterocycles. The van der Waals surface area contributed by atoms with E-state index in [0.29, 0.717) is 12.0 Å². The molecule has 18 heavy (non-hydrogen) atoms. The minimum atomic E-state index is -0.777. The maximum absolute atomic E-state index is 13.5. The van der Waals surface area contributed by atoms with Crippen LogP contribution in [0.15, 0.2) is 30.5 Å². The Morgan fingerprint density at radius 1 is 1.44 bits per heavy atom. The lowest BCUT2D eigenvalue weighted by Crippen LogP contribution is -2.04. The molecule has 0 bridgehead atoms. The molecule has 0 fully saturated rings. The fourth-order valence-corrected chi connectivity index (χ4v) is 1.78. The van der Waals surface area contributed by atoms with Gasteiger partial charge in [-0.25, -0.2) is 4.39 Å². The van der Waals surface area contributed by atoms with Gasteiger partial charge in [-0.3, -0.25) is 4.68 Å². The van der Waals surface area contributed by atoms with Crippen molar-refractivity contribution in [1.29, 1.82) is 0 Å². The van der Waals surface area contributed by atoms with Crippen LogP contribution in [0.4, 0.5) is 4.39 Å². The number of rotatable bonds is 4. The van der Waals surface area contributed by atoms with E-state index in [1.165, 1.54) is 19.2 Å². The number of halogens is 1. The van der Waals surface area contributed by atoms with Gasteiger partial charge in [0.05, 0.1) is 18.9 Å². The minimum absolute atomic E-state index is 0.170. The molecule has 0 saturated carbocycles. The lowest BCUT2D eigenvalue weighted by molar-refractivity contribution is 0.176. The van der Waals surface area contributed by atoms with Crippen LogP contribution < -0.4 is 4.74 Å². The Morgan fingerprint density at radius 2 is 2.22 bits per heavy atom. The van der Waals surface area contributed by atoms with Crippen LogP contribution in [0.5, 0.6) is 5.75 Å². The van der Waals surface area contributed by atoms with Crippen LogP contribution in [0.25, 0.3) is 0 Å². The second-order valence-electron chi connectivity index (χ2n) is 4.09. The molecule has 0 radical (unpaired) electrons. The summed E-state index contributed by atoms with van der Waals surface area (Å²) in [5, 5.41) is 14.2. The predicted octanol–water partition coefficient (Wildman–Crippen LogP) is 1.84. The van der Waals surface area contributed by atoms with Crippen LogP contribution in [0.3, 0.4) is 0 Å². The van der Waals surface area contributed by atoms with E-state index < -0.39 is 11.9 Å². The maximum atomic E-state index is 13.5. The standard InChI is InChI=1S/C13H15FN2O2/c1-16-6-5-10(15-16)8-12(17)9-3-4-13(18-2)11(14)7-9/h3-7,12,17H,8H2,1-2H3. The Bertz CT molecular complexity index is 540. The minimum Gasteiger partial charge on any atom is -0.494 e. The van der Waals surface area contributed by atoms with E-state index in [1.807, 2.05) is 13.1 Å². The zero-order valence-corrected chi connectivity index (χ0v) is 10.3. The third-order valence-corrected chi connectivity index (χ3v) is 2.73. The number of hydrogen-bond acceptors (Lipinski definition) is 3. The molecule has 0 amide bonds. The molecule has 2 rings (SSSR count). The summed E-state index contributed by atoms with van der Waals surface area (Å²) in [5.41, 5.74) is 1.28. The van der Waals surface area contributed by atoms with Crippen molar-refractivity contribution in [2.24, 2.45) is 7.05 Å². The topological polar surface area (TPSA) is 47.3 Å². The van der Waals surface area contributed by atoms with Crippen LogP contribution >= 0.6 is 0 Å². The van der Waals surface area contributed by atoms with Crippen LogP contribution in [0, 0.1) is 5.82 Å². The summed E-state index contributed by atoms with van der Waals surface area (Å²) < 4.78 is 20.0. The summed E-state index contributed by atoms with van der Waals surface area (Å²) in [6.07, 6.45) is 1.38. The predicted molar refractivity (Wildman–Crippen MR) is 64.8 cm³/mol. The average Bonchev–Trinajstić information content (AvgIpc) is 2.74. The van der Waals surface area contributed by atoms with Crippen molar-refractivity contribution in [3.63, 3.8) is 0 Å². The Balaban J connectivity index is 2.13.